The van der Waals surface area contributed by atoms with Gasteiger partial charge in [-0.15, -0.1) is 4.33 Å². The van der Waals surface area contributed by atoms with Crippen LogP contribution in [0.1, 0.15) is 5.56 Å². The van der Waals surface area contributed by atoms with E-state index in [-0.39, 0.29) is 10.6 Å². The van der Waals surface area contributed by atoms with Gasteiger partial charge in [0.25, 0.3) is 20.2 Å². The van der Waals surface area contributed by atoms with Gasteiger partial charge < -0.3 is 9.47 Å². The Balaban J connectivity index is 0.000000784. The number of rotatable bonds is 8. The molecule has 0 aliphatic carbocycles. The van der Waals surface area contributed by atoms with Crippen molar-refractivity contribution in [3.63, 3.8) is 0 Å². The van der Waals surface area contributed by atoms with Crippen molar-refractivity contribution in [1.82, 2.24) is 0 Å². The molecule has 14 heteroatoms. The lowest BCUT2D eigenvalue weighted by atomic mass is 10.0. The van der Waals surface area contributed by atoms with Crippen molar-refractivity contribution in [3.8, 4) is 28.4 Å². The summed E-state index contributed by atoms with van der Waals surface area (Å²) in [6, 6.07) is 16.3. The van der Waals surface area contributed by atoms with Crippen LogP contribution in [0.5, 0.6) is 17.2 Å². The molecule has 3 aromatic rings. The molecule has 0 saturated heterocycles. The molecule has 0 radical (unpaired) electrons. The van der Waals surface area contributed by atoms with Crippen LogP contribution in [0.15, 0.2) is 70.5 Å². The van der Waals surface area contributed by atoms with Gasteiger partial charge in [0.05, 0.1) is 25.4 Å². The van der Waals surface area contributed by atoms with Crippen LogP contribution in [0.4, 0.5) is 0 Å². The third kappa shape index (κ3) is 9.46. The van der Waals surface area contributed by atoms with Gasteiger partial charge in [-0.2, -0.15) is 16.8 Å². The minimum atomic E-state index is -4.56. The Morgan fingerprint density at radius 1 is 0.829 bits per heavy atom. The maximum Gasteiger partial charge on any atom is 0.298 e. The van der Waals surface area contributed by atoms with Crippen LogP contribution in [0.2, 0.25) is 0 Å². The Bertz CT molecular complexity index is 1350. The van der Waals surface area contributed by atoms with Crippen molar-refractivity contribution in [1.29, 1.82) is 0 Å². The summed E-state index contributed by atoms with van der Waals surface area (Å²) in [5.41, 5.74) is 2.04. The van der Waals surface area contributed by atoms with Gasteiger partial charge in [-0.25, -0.2) is 5.26 Å². The Labute approximate surface area is 206 Å². The smallest absolute Gasteiger partial charge is 0.298 e. The van der Waals surface area contributed by atoms with Crippen LogP contribution in [0.25, 0.3) is 11.1 Å². The second-order valence-corrected chi connectivity index (χ2v) is 10.5. The molecule has 0 amide bonds. The first-order valence-electron chi connectivity index (χ1n) is 9.43. The molecule has 3 rings (SSSR count). The number of hydrogen-bond acceptors (Lipinski definition) is 10. The van der Waals surface area contributed by atoms with Crippen molar-refractivity contribution in [3.05, 3.63) is 66.2 Å². The molecule has 35 heavy (non-hydrogen) atoms. The summed E-state index contributed by atoms with van der Waals surface area (Å²) in [6.07, 6.45) is 0.715. The Kier molecular flexibility index (Phi) is 10.1. The summed E-state index contributed by atoms with van der Waals surface area (Å²) in [5.74, 6) is 0.977. The maximum atomic E-state index is 12.0. The molecule has 0 aliphatic rings. The second-order valence-electron chi connectivity index (χ2n) is 6.85. The number of methoxy groups -OCH3 is 1. The summed E-state index contributed by atoms with van der Waals surface area (Å²) in [7, 11) is -6.70. The Morgan fingerprint density at radius 3 is 1.91 bits per heavy atom. The standard InChI is InChI=1S/C20H18O8S2.CH4O3S/c1-13-3-4-14(11-19(13)29-28-27-21)15-5-10-18(20(12-15)30(22,23)24)26-17-8-6-16(25-2)7-9-17;1-5(2,3)4/h3-12,21H,1-2H3,(H,22,23,24);1H3,(H,2,3,4). The maximum absolute atomic E-state index is 12.0. The van der Waals surface area contributed by atoms with Gasteiger partial charge in [0.1, 0.15) is 22.1 Å². The molecule has 0 aromatic heterocycles. The minimum Gasteiger partial charge on any atom is -0.497 e. The molecule has 0 heterocycles. The summed E-state index contributed by atoms with van der Waals surface area (Å²) in [4.78, 5) is 0.272. The fraction of sp³-hybridized carbons (Fsp3) is 0.143. The monoisotopic (exact) mass is 546 g/mol. The van der Waals surface area contributed by atoms with Gasteiger partial charge in [0.2, 0.25) is 0 Å². The Hall–Kier alpha value is -2.69. The second kappa shape index (κ2) is 12.3. The van der Waals surface area contributed by atoms with Crippen LogP contribution < -0.4 is 9.47 Å². The van der Waals surface area contributed by atoms with E-state index < -0.39 is 20.2 Å². The molecule has 0 saturated carbocycles. The quantitative estimate of drug-likeness (QED) is 0.155. The zero-order chi connectivity index (χ0) is 26.2. The first-order chi connectivity index (χ1) is 16.3. The van der Waals surface area contributed by atoms with Crippen LogP contribution in [0.3, 0.4) is 0 Å². The number of benzene rings is 3. The minimum absolute atomic E-state index is 0.0230. The summed E-state index contributed by atoms with van der Waals surface area (Å²) in [5, 5.41) is 12.0. The van der Waals surface area contributed by atoms with Gasteiger partial charge in [-0.3, -0.25) is 9.11 Å². The molecule has 0 unspecified atom stereocenters. The highest BCUT2D eigenvalue weighted by Gasteiger charge is 2.19. The van der Waals surface area contributed by atoms with Crippen LogP contribution >= 0.6 is 12.0 Å². The fourth-order valence-electron chi connectivity index (χ4n) is 2.67. The molecule has 11 nitrogen and oxygen atoms in total. The number of ether oxygens (including phenoxy) is 2. The van der Waals surface area contributed by atoms with E-state index in [0.29, 0.717) is 33.8 Å². The first kappa shape index (κ1) is 28.5. The molecule has 0 atom stereocenters. The van der Waals surface area contributed by atoms with Gasteiger partial charge in [-0.05, 0) is 66.1 Å². The predicted octanol–water partition coefficient (Wildman–Crippen LogP) is 4.64. The van der Waals surface area contributed by atoms with E-state index in [1.807, 2.05) is 6.92 Å². The third-order valence-corrected chi connectivity index (χ3v) is 5.81. The van der Waals surface area contributed by atoms with Crippen LogP contribution in [0, 0.1) is 6.92 Å². The van der Waals surface area contributed by atoms with E-state index >= 15 is 0 Å². The summed E-state index contributed by atoms with van der Waals surface area (Å²) in [6.45, 7) is 1.84. The van der Waals surface area contributed by atoms with E-state index in [1.165, 1.54) is 19.2 Å². The number of hydrogen-bond donors (Lipinski definition) is 3. The molecule has 3 aromatic carbocycles. The van der Waals surface area contributed by atoms with Gasteiger partial charge in [-0.1, -0.05) is 23.2 Å². The molecule has 0 aliphatic heterocycles. The van der Waals surface area contributed by atoms with Crippen molar-refractivity contribution >= 4 is 32.3 Å². The molecule has 0 bridgehead atoms. The third-order valence-electron chi connectivity index (χ3n) is 4.18. The lowest BCUT2D eigenvalue weighted by Crippen LogP contribution is -2.02. The lowest BCUT2D eigenvalue weighted by Gasteiger charge is -2.13. The molecule has 3 N–H and O–H groups in total. The van der Waals surface area contributed by atoms with E-state index in [1.54, 1.807) is 48.5 Å². The van der Waals surface area contributed by atoms with E-state index in [2.05, 4.69) is 9.37 Å². The van der Waals surface area contributed by atoms with Crippen LogP contribution in [-0.4, -0.2) is 44.6 Å². The summed E-state index contributed by atoms with van der Waals surface area (Å²) < 4.78 is 74.8. The average molecular weight is 547 g/mol. The average Bonchev–Trinajstić information content (AvgIpc) is 2.77. The topological polar surface area (TPSA) is 166 Å². The van der Waals surface area contributed by atoms with E-state index in [0.717, 1.165) is 17.6 Å². The normalized spacial score (nSPS) is 11.4. The highest BCUT2D eigenvalue weighted by Crippen LogP contribution is 2.35. The van der Waals surface area contributed by atoms with Crippen LogP contribution in [-0.2, 0) is 29.6 Å². The number of aryl methyl sites for hydroxylation is 1. The molecule has 190 valence electrons. The molecule has 0 fully saturated rings. The Morgan fingerprint density at radius 2 is 1.37 bits per heavy atom. The summed E-state index contributed by atoms with van der Waals surface area (Å²) >= 11 is 0.799. The van der Waals surface area contributed by atoms with Gasteiger partial charge >= 0.3 is 0 Å². The molecular formula is C21H22O11S3. The zero-order valence-electron chi connectivity index (χ0n) is 18.6. The van der Waals surface area contributed by atoms with Crippen molar-refractivity contribution in [2.75, 3.05) is 13.4 Å². The molecular weight excluding hydrogens is 524 g/mol. The fourth-order valence-corrected chi connectivity index (χ4v) is 3.78. The lowest BCUT2D eigenvalue weighted by molar-refractivity contribution is -0.432. The zero-order valence-corrected chi connectivity index (χ0v) is 21.1. The van der Waals surface area contributed by atoms with Gasteiger partial charge in [0.15, 0.2) is 0 Å². The predicted molar refractivity (Wildman–Crippen MR) is 128 cm³/mol. The largest absolute Gasteiger partial charge is 0.497 e. The highest BCUT2D eigenvalue weighted by atomic mass is 32.2. The van der Waals surface area contributed by atoms with E-state index in [4.69, 9.17) is 19.3 Å². The molecule has 0 spiro atoms. The van der Waals surface area contributed by atoms with Crippen molar-refractivity contribution < 1.29 is 50.0 Å². The van der Waals surface area contributed by atoms with E-state index in [9.17, 15) is 21.4 Å². The SMILES string of the molecule is COc1ccc(Oc2ccc(-c3ccc(C)c(SOOO)c3)cc2S(=O)(=O)O)cc1.CS(=O)(=O)O. The van der Waals surface area contributed by atoms with Crippen molar-refractivity contribution in [2.24, 2.45) is 0 Å². The first-order valence-corrected chi connectivity index (χ1v) is 13.5. The van der Waals surface area contributed by atoms with Gasteiger partial charge in [0, 0.05) is 4.90 Å². The van der Waals surface area contributed by atoms with Crippen molar-refractivity contribution in [2.45, 2.75) is 16.7 Å². The highest BCUT2D eigenvalue weighted by molar-refractivity contribution is 7.94.